The number of aromatic nitrogens is 4. The summed E-state index contributed by atoms with van der Waals surface area (Å²) in [5.41, 5.74) is 0.967. The Hall–Kier alpha value is -1.67. The van der Waals surface area contributed by atoms with Crippen molar-refractivity contribution in [1.29, 1.82) is 0 Å². The number of fused-ring (bicyclic) bond motifs is 1. The largest absolute Gasteiger partial charge is 0.334 e. The van der Waals surface area contributed by atoms with Crippen LogP contribution in [0.25, 0.3) is 0 Å². The average Bonchev–Trinajstić information content (AvgIpc) is 3.03. The molecule has 1 atom stereocenters. The molecule has 0 bridgehead atoms. The van der Waals surface area contributed by atoms with Crippen LogP contribution in [-0.2, 0) is 23.0 Å². The fourth-order valence-corrected chi connectivity index (χ4v) is 3.90. The lowest BCUT2D eigenvalue weighted by Gasteiger charge is -2.24. The highest BCUT2D eigenvalue weighted by atomic mass is 32.2. The normalized spacial score (nSPS) is 18.6. The molecule has 0 aromatic carbocycles. The van der Waals surface area contributed by atoms with Crippen LogP contribution < -0.4 is 4.72 Å². The lowest BCUT2D eigenvalue weighted by atomic mass is 10.1. The van der Waals surface area contributed by atoms with E-state index >= 15 is 0 Å². The highest BCUT2D eigenvalue weighted by molar-refractivity contribution is 7.89. The SMILES string of the molecule is Cc1cn2c(n1)CCC(NS(=O)(=O)c1cn(C(C)C)cn1)C2. The fraction of sp³-hybridized carbons (Fsp3) is 0.571. The molecule has 0 fully saturated rings. The monoisotopic (exact) mass is 323 g/mol. The fourth-order valence-electron chi connectivity index (χ4n) is 2.70. The zero-order valence-electron chi connectivity index (χ0n) is 13.0. The summed E-state index contributed by atoms with van der Waals surface area (Å²) in [5, 5.41) is 0.0776. The van der Waals surface area contributed by atoms with Crippen LogP contribution in [0.3, 0.4) is 0 Å². The third-order valence-electron chi connectivity index (χ3n) is 3.88. The van der Waals surface area contributed by atoms with Gasteiger partial charge in [-0.3, -0.25) is 0 Å². The van der Waals surface area contributed by atoms with Gasteiger partial charge in [-0.1, -0.05) is 0 Å². The maximum absolute atomic E-state index is 12.4. The van der Waals surface area contributed by atoms with E-state index in [1.54, 1.807) is 17.1 Å². The zero-order chi connectivity index (χ0) is 15.9. The van der Waals surface area contributed by atoms with E-state index in [0.717, 1.165) is 24.4 Å². The first kappa shape index (κ1) is 15.2. The Balaban J connectivity index is 1.74. The van der Waals surface area contributed by atoms with Crippen LogP contribution in [0.2, 0.25) is 0 Å². The van der Waals surface area contributed by atoms with E-state index in [9.17, 15) is 8.42 Å². The summed E-state index contributed by atoms with van der Waals surface area (Å²) in [6.07, 6.45) is 6.62. The number of imidazole rings is 2. The topological polar surface area (TPSA) is 81.8 Å². The van der Waals surface area contributed by atoms with Crippen LogP contribution in [0.4, 0.5) is 0 Å². The Bertz CT molecular complexity index is 775. The van der Waals surface area contributed by atoms with Crippen molar-refractivity contribution in [3.63, 3.8) is 0 Å². The number of hydrogen-bond donors (Lipinski definition) is 1. The first-order chi connectivity index (χ1) is 10.3. The van der Waals surface area contributed by atoms with E-state index in [2.05, 4.69) is 14.7 Å². The number of nitrogens with one attached hydrogen (secondary N) is 1. The molecule has 2 aromatic rings. The van der Waals surface area contributed by atoms with Crippen LogP contribution >= 0.6 is 0 Å². The molecule has 0 aliphatic carbocycles. The quantitative estimate of drug-likeness (QED) is 0.918. The molecule has 3 heterocycles. The molecule has 0 spiro atoms. The number of nitrogens with zero attached hydrogens (tertiary/aromatic N) is 4. The highest BCUT2D eigenvalue weighted by Crippen LogP contribution is 2.17. The van der Waals surface area contributed by atoms with E-state index in [-0.39, 0.29) is 17.1 Å². The summed E-state index contributed by atoms with van der Waals surface area (Å²) in [6, 6.07) is 0.0536. The smallest absolute Gasteiger partial charge is 0.259 e. The predicted octanol–water partition coefficient (Wildman–Crippen LogP) is 1.26. The minimum absolute atomic E-state index is 0.0776. The summed E-state index contributed by atoms with van der Waals surface area (Å²) in [7, 11) is -3.58. The maximum Gasteiger partial charge on any atom is 0.259 e. The zero-order valence-corrected chi connectivity index (χ0v) is 13.8. The first-order valence-electron chi connectivity index (χ1n) is 7.43. The van der Waals surface area contributed by atoms with Crippen molar-refractivity contribution in [3.8, 4) is 0 Å². The molecular weight excluding hydrogens is 302 g/mol. The van der Waals surface area contributed by atoms with Crippen molar-refractivity contribution in [2.75, 3.05) is 0 Å². The number of rotatable bonds is 4. The van der Waals surface area contributed by atoms with E-state index in [1.165, 1.54) is 0 Å². The van der Waals surface area contributed by atoms with Gasteiger partial charge in [0.25, 0.3) is 10.0 Å². The second-order valence-corrected chi connectivity index (χ2v) is 7.72. The van der Waals surface area contributed by atoms with Crippen LogP contribution in [0.1, 0.15) is 37.8 Å². The molecule has 0 radical (unpaired) electrons. The summed E-state index contributed by atoms with van der Waals surface area (Å²) >= 11 is 0. The van der Waals surface area contributed by atoms with Gasteiger partial charge >= 0.3 is 0 Å². The van der Waals surface area contributed by atoms with Gasteiger partial charge in [-0.05, 0) is 27.2 Å². The van der Waals surface area contributed by atoms with Crippen molar-refractivity contribution >= 4 is 10.0 Å². The average molecular weight is 323 g/mol. The second-order valence-electron chi connectivity index (χ2n) is 6.06. The molecule has 0 saturated carbocycles. The lowest BCUT2D eigenvalue weighted by molar-refractivity contribution is 0.420. The van der Waals surface area contributed by atoms with Crippen molar-refractivity contribution in [3.05, 3.63) is 30.2 Å². The van der Waals surface area contributed by atoms with Gasteiger partial charge in [-0.2, -0.15) is 0 Å². The van der Waals surface area contributed by atoms with Crippen LogP contribution in [0.5, 0.6) is 0 Å². The van der Waals surface area contributed by atoms with Gasteiger partial charge in [-0.25, -0.2) is 23.1 Å². The molecule has 120 valence electrons. The van der Waals surface area contributed by atoms with Gasteiger partial charge < -0.3 is 9.13 Å². The first-order valence-corrected chi connectivity index (χ1v) is 8.92. The summed E-state index contributed by atoms with van der Waals surface area (Å²) in [6.45, 7) is 6.52. The molecule has 1 aliphatic rings. The second kappa shape index (κ2) is 5.51. The minimum atomic E-state index is -3.58. The van der Waals surface area contributed by atoms with Gasteiger partial charge in [0.15, 0.2) is 5.03 Å². The molecule has 7 nitrogen and oxygen atoms in total. The van der Waals surface area contributed by atoms with Crippen molar-refractivity contribution in [1.82, 2.24) is 23.8 Å². The third kappa shape index (κ3) is 2.93. The van der Waals surface area contributed by atoms with E-state index in [1.807, 2.05) is 31.5 Å². The van der Waals surface area contributed by atoms with Gasteiger partial charge in [0, 0.05) is 37.4 Å². The van der Waals surface area contributed by atoms with E-state index in [4.69, 9.17) is 0 Å². The molecule has 0 saturated heterocycles. The molecule has 0 amide bonds. The molecule has 2 aromatic heterocycles. The van der Waals surface area contributed by atoms with Crippen molar-refractivity contribution < 1.29 is 8.42 Å². The lowest BCUT2D eigenvalue weighted by Crippen LogP contribution is -2.40. The van der Waals surface area contributed by atoms with Crippen molar-refractivity contribution in [2.45, 2.75) is 57.3 Å². The van der Waals surface area contributed by atoms with Gasteiger partial charge in [-0.15, -0.1) is 0 Å². The third-order valence-corrected chi connectivity index (χ3v) is 5.29. The highest BCUT2D eigenvalue weighted by Gasteiger charge is 2.26. The van der Waals surface area contributed by atoms with Crippen LogP contribution in [0.15, 0.2) is 23.7 Å². The summed E-state index contributed by atoms with van der Waals surface area (Å²) in [5.74, 6) is 1.03. The number of hydrogen-bond acceptors (Lipinski definition) is 4. The Morgan fingerprint density at radius 2 is 2.14 bits per heavy atom. The van der Waals surface area contributed by atoms with Gasteiger partial charge in [0.1, 0.15) is 5.82 Å². The molecule has 8 heteroatoms. The van der Waals surface area contributed by atoms with E-state index < -0.39 is 10.0 Å². The molecule has 1 aliphatic heterocycles. The molecule has 22 heavy (non-hydrogen) atoms. The number of aryl methyl sites for hydroxylation is 2. The van der Waals surface area contributed by atoms with Crippen molar-refractivity contribution in [2.24, 2.45) is 0 Å². The van der Waals surface area contributed by atoms with Crippen LogP contribution in [-0.4, -0.2) is 33.6 Å². The predicted molar refractivity (Wildman–Crippen MR) is 82.0 cm³/mol. The Morgan fingerprint density at radius 3 is 2.82 bits per heavy atom. The molecule has 1 N–H and O–H groups in total. The Kier molecular flexibility index (Phi) is 3.82. The Labute approximate surface area is 130 Å². The molecule has 3 rings (SSSR count). The van der Waals surface area contributed by atoms with E-state index in [0.29, 0.717) is 6.54 Å². The standard InChI is InChI=1S/C14H21N5O2S/c1-10(2)19-8-14(15-9-19)22(20,21)17-12-4-5-13-16-11(3)6-18(13)7-12/h6,8-10,12,17H,4-5,7H2,1-3H3. The summed E-state index contributed by atoms with van der Waals surface area (Å²) < 4.78 is 31.5. The Morgan fingerprint density at radius 1 is 1.36 bits per heavy atom. The molecular formula is C14H21N5O2S. The van der Waals surface area contributed by atoms with Gasteiger partial charge in [0.05, 0.1) is 12.0 Å². The maximum atomic E-state index is 12.4. The number of sulfonamides is 1. The minimum Gasteiger partial charge on any atom is -0.334 e. The molecule has 1 unspecified atom stereocenters. The summed E-state index contributed by atoms with van der Waals surface area (Å²) in [4.78, 5) is 8.45. The van der Waals surface area contributed by atoms with Gasteiger partial charge in [0.2, 0.25) is 0 Å². The van der Waals surface area contributed by atoms with Crippen LogP contribution in [0, 0.1) is 6.92 Å².